The molecule has 44 heavy (non-hydrogen) atoms. The SMILES string of the molecule is [2H]NC(=O)OCC1c2cc(NC(=O)CCCC(=O)NOCCCOC)ccc2-c2ccc(C(=O)NCCOCCCOC)cc21. The molecule has 0 bridgehead atoms. The molecule has 2 aromatic rings. The largest absolute Gasteiger partial charge is 0.449 e. The quantitative estimate of drug-likeness (QED) is 0.129. The van der Waals surface area contributed by atoms with Gasteiger partial charge in [0.2, 0.25) is 11.8 Å². The molecule has 3 rings (SSSR count). The summed E-state index contributed by atoms with van der Waals surface area (Å²) in [6, 6.07) is 10.8. The fourth-order valence-corrected chi connectivity index (χ4v) is 4.75. The minimum atomic E-state index is -0.904. The third kappa shape index (κ3) is 10.9. The lowest BCUT2D eigenvalue weighted by Crippen LogP contribution is -2.27. The number of fused-ring (bicyclic) bond motifs is 3. The van der Waals surface area contributed by atoms with Crippen LogP contribution in [0.15, 0.2) is 36.4 Å². The molecular formula is C31H42N4O9. The van der Waals surface area contributed by atoms with E-state index in [2.05, 4.69) is 16.1 Å². The summed E-state index contributed by atoms with van der Waals surface area (Å²) in [6.07, 6.45) is 1.11. The van der Waals surface area contributed by atoms with E-state index in [-0.39, 0.29) is 37.2 Å². The van der Waals surface area contributed by atoms with E-state index in [9.17, 15) is 19.2 Å². The lowest BCUT2D eigenvalue weighted by Gasteiger charge is -2.15. The molecule has 1 atom stereocenters. The molecule has 4 amide bonds. The van der Waals surface area contributed by atoms with Gasteiger partial charge in [-0.05, 0) is 65.8 Å². The molecule has 1 aliphatic carbocycles. The first-order valence-corrected chi connectivity index (χ1v) is 14.5. The van der Waals surface area contributed by atoms with Crippen LogP contribution < -0.4 is 21.8 Å². The normalized spacial score (nSPS) is 13.3. The number of methoxy groups -OCH3 is 2. The smallest absolute Gasteiger partial charge is 0.404 e. The standard InChI is InChI=1S/C31H42N4O9/c1-40-13-4-15-42-17-12-33-30(38)21-8-10-23-24-11-9-22(19-26(24)27(25(23)18-21)20-43-31(32)39)34-28(36)6-3-7-29(37)35-44-16-5-14-41-2/h8-11,18-19,27H,3-7,12-17,20H2,1-2H3,(H2,32,39)(H,33,38)(H,34,36)(H,35,37)/i/hD. The summed E-state index contributed by atoms with van der Waals surface area (Å²) < 4.78 is 27.7. The average Bonchev–Trinajstić information content (AvgIpc) is 3.34. The van der Waals surface area contributed by atoms with Gasteiger partial charge in [-0.25, -0.2) is 10.3 Å². The van der Waals surface area contributed by atoms with Crippen LogP contribution in [0, 0.1) is 0 Å². The van der Waals surface area contributed by atoms with Gasteiger partial charge < -0.3 is 35.3 Å². The van der Waals surface area contributed by atoms with Gasteiger partial charge in [0.05, 0.1) is 13.2 Å². The van der Waals surface area contributed by atoms with Crippen LogP contribution in [0.1, 0.15) is 59.5 Å². The van der Waals surface area contributed by atoms with Crippen molar-refractivity contribution in [1.82, 2.24) is 10.8 Å². The van der Waals surface area contributed by atoms with Crippen LogP contribution in [0.3, 0.4) is 0 Å². The third-order valence-corrected chi connectivity index (χ3v) is 6.83. The van der Waals surface area contributed by atoms with Gasteiger partial charge in [-0.15, -0.1) is 0 Å². The van der Waals surface area contributed by atoms with Gasteiger partial charge in [0, 0.05) is 70.6 Å². The number of rotatable bonds is 20. The molecule has 0 saturated heterocycles. The number of nitrogens with two attached hydrogens (primary N) is 1. The van der Waals surface area contributed by atoms with Crippen LogP contribution in [0.25, 0.3) is 11.1 Å². The molecule has 0 aliphatic heterocycles. The lowest BCUT2D eigenvalue weighted by molar-refractivity contribution is -0.134. The summed E-state index contributed by atoms with van der Waals surface area (Å²) in [5.74, 6) is -1.28. The van der Waals surface area contributed by atoms with Crippen molar-refractivity contribution >= 4 is 29.5 Å². The van der Waals surface area contributed by atoms with Crippen LogP contribution >= 0.6 is 0 Å². The molecule has 0 spiro atoms. The Balaban J connectivity index is 1.61. The van der Waals surface area contributed by atoms with Crippen LogP contribution in [0.4, 0.5) is 10.5 Å². The first kappa shape index (κ1) is 32.9. The summed E-state index contributed by atoms with van der Waals surface area (Å²) in [5.41, 5.74) is 8.36. The third-order valence-electron chi connectivity index (χ3n) is 6.83. The molecule has 0 fully saturated rings. The fraction of sp³-hybridized carbons (Fsp3) is 0.484. The van der Waals surface area contributed by atoms with Gasteiger partial charge >= 0.3 is 6.09 Å². The van der Waals surface area contributed by atoms with Gasteiger partial charge in [0.25, 0.3) is 5.91 Å². The topological polar surface area (TPSA) is 177 Å². The maximum Gasteiger partial charge on any atom is 0.404 e. The zero-order chi connectivity index (χ0) is 32.4. The summed E-state index contributed by atoms with van der Waals surface area (Å²) in [4.78, 5) is 54.2. The van der Waals surface area contributed by atoms with Crippen molar-refractivity contribution in [2.45, 2.75) is 38.0 Å². The van der Waals surface area contributed by atoms with Gasteiger partial charge in [-0.1, -0.05) is 12.1 Å². The number of primary amides is 1. The Morgan fingerprint density at radius 3 is 2.30 bits per heavy atom. The molecule has 13 heteroatoms. The van der Waals surface area contributed by atoms with Crippen molar-refractivity contribution in [2.24, 2.45) is 5.73 Å². The van der Waals surface area contributed by atoms with E-state index in [1.54, 1.807) is 44.2 Å². The van der Waals surface area contributed by atoms with E-state index >= 15 is 0 Å². The van der Waals surface area contributed by atoms with Crippen molar-refractivity contribution < 1.29 is 44.4 Å². The number of anilines is 1. The highest BCUT2D eigenvalue weighted by molar-refractivity contribution is 5.96. The maximum absolute atomic E-state index is 12.9. The first-order chi connectivity index (χ1) is 21.9. The fourth-order valence-electron chi connectivity index (χ4n) is 4.75. The first-order valence-electron chi connectivity index (χ1n) is 15.0. The Labute approximate surface area is 258 Å². The number of hydrogen-bond acceptors (Lipinski definition) is 9. The van der Waals surface area contributed by atoms with E-state index in [4.69, 9.17) is 25.2 Å². The number of amides is 4. The van der Waals surface area contributed by atoms with E-state index in [0.717, 1.165) is 28.7 Å². The van der Waals surface area contributed by atoms with Crippen molar-refractivity contribution in [1.29, 1.82) is 0 Å². The minimum absolute atomic E-state index is 0.0782. The van der Waals surface area contributed by atoms with E-state index in [0.29, 0.717) is 63.7 Å². The summed E-state index contributed by atoms with van der Waals surface area (Å²) >= 11 is 0. The second-order valence-corrected chi connectivity index (χ2v) is 10.1. The number of carbonyl (C=O) groups is 4. The number of carbonyl (C=O) groups excluding carboxylic acids is 4. The van der Waals surface area contributed by atoms with Gasteiger partial charge in [0.15, 0.2) is 1.41 Å². The molecule has 2 aromatic carbocycles. The van der Waals surface area contributed by atoms with Crippen molar-refractivity contribution in [2.75, 3.05) is 65.7 Å². The van der Waals surface area contributed by atoms with E-state index in [1.807, 2.05) is 12.1 Å². The van der Waals surface area contributed by atoms with Crippen LogP contribution in [-0.4, -0.2) is 84.2 Å². The van der Waals surface area contributed by atoms with Crippen LogP contribution in [-0.2, 0) is 33.4 Å². The number of benzene rings is 2. The summed E-state index contributed by atoms with van der Waals surface area (Å²) in [7, 11) is 3.22. The Kier molecular flexibility index (Phi) is 13.9. The predicted molar refractivity (Wildman–Crippen MR) is 162 cm³/mol. The highest BCUT2D eigenvalue weighted by atomic mass is 16.7. The molecular weight excluding hydrogens is 572 g/mol. The van der Waals surface area contributed by atoms with E-state index < -0.39 is 12.0 Å². The Morgan fingerprint density at radius 2 is 1.55 bits per heavy atom. The van der Waals surface area contributed by atoms with Crippen molar-refractivity contribution in [3.8, 4) is 11.1 Å². The molecule has 1 unspecified atom stereocenters. The predicted octanol–water partition coefficient (Wildman–Crippen LogP) is 2.87. The summed E-state index contributed by atoms with van der Waals surface area (Å²) in [5, 5.41) is 5.71. The number of hydroxylamine groups is 1. The zero-order valence-electron chi connectivity index (χ0n) is 26.2. The molecule has 0 heterocycles. The number of ether oxygens (including phenoxy) is 4. The molecule has 0 saturated carbocycles. The zero-order valence-corrected chi connectivity index (χ0v) is 25.2. The van der Waals surface area contributed by atoms with Crippen LogP contribution in [0.5, 0.6) is 0 Å². The van der Waals surface area contributed by atoms with E-state index in [1.165, 1.54) is 0 Å². The Morgan fingerprint density at radius 1 is 0.841 bits per heavy atom. The van der Waals surface area contributed by atoms with Crippen molar-refractivity contribution in [3.05, 3.63) is 53.1 Å². The molecule has 0 radical (unpaired) electrons. The highest BCUT2D eigenvalue weighted by Crippen LogP contribution is 2.46. The van der Waals surface area contributed by atoms with Gasteiger partial charge in [0.1, 0.15) is 6.61 Å². The second kappa shape index (κ2) is 18.6. The van der Waals surface area contributed by atoms with Gasteiger partial charge in [-0.3, -0.25) is 19.2 Å². The second-order valence-electron chi connectivity index (χ2n) is 10.1. The molecule has 0 aromatic heterocycles. The molecule has 240 valence electrons. The average molecular weight is 616 g/mol. The molecule has 13 nitrogen and oxygen atoms in total. The maximum atomic E-state index is 12.9. The lowest BCUT2D eigenvalue weighted by atomic mass is 9.96. The van der Waals surface area contributed by atoms with Gasteiger partial charge in [-0.2, -0.15) is 0 Å². The summed E-state index contributed by atoms with van der Waals surface area (Å²) in [6.45, 7) is 2.65. The van der Waals surface area contributed by atoms with Crippen molar-refractivity contribution in [3.63, 3.8) is 0 Å². The number of hydrogen-bond donors (Lipinski definition) is 4. The molecule has 1 aliphatic rings. The highest BCUT2D eigenvalue weighted by Gasteiger charge is 2.31. The number of nitrogens with one attached hydrogen (secondary N) is 3. The van der Waals surface area contributed by atoms with Crippen LogP contribution in [0.2, 0.25) is 1.41 Å². The molecule has 5 N–H and O–H groups in total. The Hall–Kier alpha value is -4.04. The monoisotopic (exact) mass is 615 g/mol. The minimum Gasteiger partial charge on any atom is -0.449 e. The Bertz CT molecular complexity index is 1290.